The van der Waals surface area contributed by atoms with E-state index in [1.165, 1.54) is 4.90 Å². The molecule has 0 radical (unpaired) electrons. The largest absolute Gasteiger partial charge is 0.489 e. The van der Waals surface area contributed by atoms with E-state index >= 15 is 0 Å². The SMILES string of the molecule is Cc1onc(C(=O)N2CC(=O)N(CC(C)C)CC(O)C2)c1COc1ccccc1. The summed E-state index contributed by atoms with van der Waals surface area (Å²) < 4.78 is 11.0. The molecule has 1 aliphatic heterocycles. The summed E-state index contributed by atoms with van der Waals surface area (Å²) in [6.07, 6.45) is -0.818. The molecule has 0 saturated carbocycles. The minimum absolute atomic E-state index is 0.0596. The van der Waals surface area contributed by atoms with Crippen molar-refractivity contribution >= 4 is 11.8 Å². The molecule has 1 fully saturated rings. The summed E-state index contributed by atoms with van der Waals surface area (Å²) in [7, 11) is 0. The van der Waals surface area contributed by atoms with E-state index in [-0.39, 0.29) is 43.8 Å². The predicted molar refractivity (Wildman–Crippen MR) is 105 cm³/mol. The van der Waals surface area contributed by atoms with Gasteiger partial charge in [-0.3, -0.25) is 9.59 Å². The van der Waals surface area contributed by atoms with Gasteiger partial charge in [-0.2, -0.15) is 0 Å². The topological polar surface area (TPSA) is 96.1 Å². The number of aryl methyl sites for hydroxylation is 1. The van der Waals surface area contributed by atoms with Gasteiger partial charge in [0, 0.05) is 19.6 Å². The van der Waals surface area contributed by atoms with Crippen LogP contribution in [0.4, 0.5) is 0 Å². The van der Waals surface area contributed by atoms with Gasteiger partial charge >= 0.3 is 0 Å². The number of carbonyl (C=O) groups excluding carboxylic acids is 2. The molecule has 2 heterocycles. The van der Waals surface area contributed by atoms with Crippen molar-refractivity contribution in [3.8, 4) is 5.75 Å². The van der Waals surface area contributed by atoms with Gasteiger partial charge in [-0.25, -0.2) is 0 Å². The van der Waals surface area contributed by atoms with Crippen LogP contribution in [0.15, 0.2) is 34.9 Å². The molecule has 0 bridgehead atoms. The molecule has 0 spiro atoms. The number of hydrogen-bond acceptors (Lipinski definition) is 6. The van der Waals surface area contributed by atoms with E-state index in [0.717, 1.165) is 0 Å². The number of aromatic nitrogens is 1. The third kappa shape index (κ3) is 5.14. The van der Waals surface area contributed by atoms with Crippen LogP contribution in [0.5, 0.6) is 5.75 Å². The van der Waals surface area contributed by atoms with E-state index in [9.17, 15) is 14.7 Å². The highest BCUT2D eigenvalue weighted by Crippen LogP contribution is 2.20. The summed E-state index contributed by atoms with van der Waals surface area (Å²) in [4.78, 5) is 28.6. The van der Waals surface area contributed by atoms with Crippen LogP contribution in [0.1, 0.15) is 35.7 Å². The summed E-state index contributed by atoms with van der Waals surface area (Å²) in [5, 5.41) is 14.2. The van der Waals surface area contributed by atoms with Gasteiger partial charge in [-0.05, 0) is 25.0 Å². The number of carbonyl (C=O) groups is 2. The van der Waals surface area contributed by atoms with Gasteiger partial charge < -0.3 is 24.2 Å². The minimum Gasteiger partial charge on any atom is -0.489 e. The zero-order valence-electron chi connectivity index (χ0n) is 17.0. The molecule has 1 saturated heterocycles. The molecule has 1 aromatic heterocycles. The lowest BCUT2D eigenvalue weighted by Gasteiger charge is -2.23. The van der Waals surface area contributed by atoms with Crippen molar-refractivity contribution in [2.24, 2.45) is 5.92 Å². The Bertz CT molecular complexity index is 849. The molecule has 1 atom stereocenters. The molecule has 1 aromatic carbocycles. The standard InChI is InChI=1S/C21H27N3O5/c1-14(2)9-23-10-16(25)11-24(12-19(23)26)21(27)20-18(15(3)29-22-20)13-28-17-7-5-4-6-8-17/h4-8,14,16,25H,9-13H2,1-3H3. The van der Waals surface area contributed by atoms with Crippen LogP contribution in [0.2, 0.25) is 0 Å². The first-order valence-electron chi connectivity index (χ1n) is 9.73. The van der Waals surface area contributed by atoms with Crippen LogP contribution in [0, 0.1) is 12.8 Å². The average molecular weight is 401 g/mol. The number of para-hydroxylation sites is 1. The van der Waals surface area contributed by atoms with Gasteiger partial charge in [-0.15, -0.1) is 0 Å². The smallest absolute Gasteiger partial charge is 0.277 e. The van der Waals surface area contributed by atoms with Crippen LogP contribution in [0.25, 0.3) is 0 Å². The van der Waals surface area contributed by atoms with E-state index in [4.69, 9.17) is 9.26 Å². The molecular formula is C21H27N3O5. The number of β-amino-alcohol motifs (C(OH)–C–C–N with tert-alkyl or cyclic N) is 1. The Balaban J connectivity index is 1.75. The summed E-state index contributed by atoms with van der Waals surface area (Å²) in [6.45, 7) is 6.54. The van der Waals surface area contributed by atoms with Gasteiger partial charge in [0.2, 0.25) is 5.91 Å². The number of nitrogens with zero attached hydrogens (tertiary/aromatic N) is 3. The summed E-state index contributed by atoms with van der Waals surface area (Å²) in [5.74, 6) is 0.773. The summed E-state index contributed by atoms with van der Waals surface area (Å²) in [5.41, 5.74) is 0.639. The molecule has 156 valence electrons. The Kier molecular flexibility index (Phi) is 6.53. The molecule has 1 N–H and O–H groups in total. The van der Waals surface area contributed by atoms with Crippen molar-refractivity contribution in [3.63, 3.8) is 0 Å². The first kappa shape index (κ1) is 20.9. The van der Waals surface area contributed by atoms with Crippen molar-refractivity contribution in [1.29, 1.82) is 0 Å². The number of hydrogen-bond donors (Lipinski definition) is 1. The third-order valence-electron chi connectivity index (χ3n) is 4.73. The first-order valence-corrected chi connectivity index (χ1v) is 9.73. The Labute approximate surface area is 170 Å². The summed E-state index contributed by atoms with van der Waals surface area (Å²) in [6, 6.07) is 9.23. The minimum atomic E-state index is -0.818. The second-order valence-corrected chi connectivity index (χ2v) is 7.70. The third-order valence-corrected chi connectivity index (χ3v) is 4.73. The van der Waals surface area contributed by atoms with Crippen molar-refractivity contribution in [3.05, 3.63) is 47.3 Å². The fraction of sp³-hybridized carbons (Fsp3) is 0.476. The Hall–Kier alpha value is -2.87. The number of aliphatic hydroxyl groups is 1. The second kappa shape index (κ2) is 9.09. The van der Waals surface area contributed by atoms with Crippen LogP contribution in [-0.2, 0) is 11.4 Å². The number of aliphatic hydroxyl groups excluding tert-OH is 1. The quantitative estimate of drug-likeness (QED) is 0.794. The monoisotopic (exact) mass is 401 g/mol. The summed E-state index contributed by atoms with van der Waals surface area (Å²) >= 11 is 0. The van der Waals surface area contributed by atoms with Crippen LogP contribution < -0.4 is 4.74 Å². The molecule has 1 unspecified atom stereocenters. The molecule has 29 heavy (non-hydrogen) atoms. The van der Waals surface area contributed by atoms with Crippen LogP contribution in [-0.4, -0.2) is 64.2 Å². The highest BCUT2D eigenvalue weighted by molar-refractivity contribution is 5.96. The molecule has 2 amide bonds. The highest BCUT2D eigenvalue weighted by Gasteiger charge is 2.33. The molecule has 8 heteroatoms. The van der Waals surface area contributed by atoms with Crippen molar-refractivity contribution in [2.45, 2.75) is 33.5 Å². The first-order chi connectivity index (χ1) is 13.8. The van der Waals surface area contributed by atoms with E-state index in [0.29, 0.717) is 23.6 Å². The molecule has 0 aliphatic carbocycles. The number of benzene rings is 1. The molecule has 3 rings (SSSR count). The van der Waals surface area contributed by atoms with E-state index in [2.05, 4.69) is 5.16 Å². The number of rotatable bonds is 6. The van der Waals surface area contributed by atoms with Gasteiger partial charge in [0.15, 0.2) is 5.69 Å². The number of amides is 2. The van der Waals surface area contributed by atoms with Crippen LogP contribution >= 0.6 is 0 Å². The Morgan fingerprint density at radius 1 is 1.31 bits per heavy atom. The zero-order valence-corrected chi connectivity index (χ0v) is 17.0. The molecule has 8 nitrogen and oxygen atoms in total. The maximum Gasteiger partial charge on any atom is 0.277 e. The fourth-order valence-electron chi connectivity index (χ4n) is 3.32. The maximum absolute atomic E-state index is 13.1. The van der Waals surface area contributed by atoms with Crippen molar-refractivity contribution in [2.75, 3.05) is 26.2 Å². The Morgan fingerprint density at radius 2 is 2.03 bits per heavy atom. The van der Waals surface area contributed by atoms with Gasteiger partial charge in [-0.1, -0.05) is 37.2 Å². The van der Waals surface area contributed by atoms with Crippen molar-refractivity contribution < 1.29 is 24.0 Å². The van der Waals surface area contributed by atoms with E-state index in [1.807, 2.05) is 44.2 Å². The normalized spacial score (nSPS) is 17.6. The lowest BCUT2D eigenvalue weighted by atomic mass is 10.2. The highest BCUT2D eigenvalue weighted by atomic mass is 16.5. The lowest BCUT2D eigenvalue weighted by molar-refractivity contribution is -0.131. The van der Waals surface area contributed by atoms with E-state index < -0.39 is 12.0 Å². The van der Waals surface area contributed by atoms with E-state index in [1.54, 1.807) is 11.8 Å². The number of ether oxygens (including phenoxy) is 1. The Morgan fingerprint density at radius 3 is 2.72 bits per heavy atom. The zero-order chi connectivity index (χ0) is 21.0. The van der Waals surface area contributed by atoms with Crippen molar-refractivity contribution in [1.82, 2.24) is 15.0 Å². The van der Waals surface area contributed by atoms with Gasteiger partial charge in [0.25, 0.3) is 5.91 Å². The molecule has 2 aromatic rings. The molecule has 1 aliphatic rings. The average Bonchev–Trinajstić information content (AvgIpc) is 2.98. The maximum atomic E-state index is 13.1. The molecular weight excluding hydrogens is 374 g/mol. The fourth-order valence-corrected chi connectivity index (χ4v) is 3.32. The van der Waals surface area contributed by atoms with Gasteiger partial charge in [0.1, 0.15) is 24.7 Å². The predicted octanol–water partition coefficient (Wildman–Crippen LogP) is 1.86. The second-order valence-electron chi connectivity index (χ2n) is 7.70. The van der Waals surface area contributed by atoms with Gasteiger partial charge in [0.05, 0.1) is 11.7 Å². The van der Waals surface area contributed by atoms with Crippen LogP contribution in [0.3, 0.4) is 0 Å². The lowest BCUT2D eigenvalue weighted by Crippen LogP contribution is -2.41.